The van der Waals surface area contributed by atoms with Crippen LogP contribution in [0.3, 0.4) is 0 Å². The van der Waals surface area contributed by atoms with Crippen molar-refractivity contribution in [3.05, 3.63) is 23.8 Å². The Kier molecular flexibility index (Phi) is 6.69. The Labute approximate surface area is 132 Å². The van der Waals surface area contributed by atoms with E-state index in [2.05, 4.69) is 10.6 Å². The highest BCUT2D eigenvalue weighted by Gasteiger charge is 2.18. The summed E-state index contributed by atoms with van der Waals surface area (Å²) in [7, 11) is 3.79. The molecule has 0 unspecified atom stereocenters. The Balaban J connectivity index is 3.15. The van der Waals surface area contributed by atoms with E-state index in [9.17, 15) is 9.59 Å². The fourth-order valence-corrected chi connectivity index (χ4v) is 2.19. The molecule has 3 amide bonds. The van der Waals surface area contributed by atoms with Crippen molar-refractivity contribution < 1.29 is 9.59 Å². The Morgan fingerprint density at radius 3 is 2.23 bits per heavy atom. The van der Waals surface area contributed by atoms with Crippen LogP contribution in [0, 0.1) is 0 Å². The summed E-state index contributed by atoms with van der Waals surface area (Å²) in [5, 5.41) is 5.41. The first-order chi connectivity index (χ1) is 10.4. The van der Waals surface area contributed by atoms with Gasteiger partial charge in [0.25, 0.3) is 5.91 Å². The molecule has 1 aromatic rings. The summed E-state index contributed by atoms with van der Waals surface area (Å²) in [5.41, 5.74) is 2.02. The maximum absolute atomic E-state index is 12.7. The second-order valence-electron chi connectivity index (χ2n) is 5.09. The third-order valence-corrected chi connectivity index (χ3v) is 3.35. The highest BCUT2D eigenvalue weighted by molar-refractivity contribution is 6.01. The average Bonchev–Trinajstić information content (AvgIpc) is 2.48. The van der Waals surface area contributed by atoms with Crippen molar-refractivity contribution in [1.29, 1.82) is 0 Å². The number of hydrogen-bond acceptors (Lipinski definition) is 3. The summed E-state index contributed by atoms with van der Waals surface area (Å²) < 4.78 is 0. The summed E-state index contributed by atoms with van der Waals surface area (Å²) in [5.74, 6) is -0.0340. The normalized spacial score (nSPS) is 10.0. The lowest BCUT2D eigenvalue weighted by Crippen LogP contribution is -2.32. The number of nitrogens with one attached hydrogen (secondary N) is 2. The van der Waals surface area contributed by atoms with Gasteiger partial charge in [0.1, 0.15) is 0 Å². The van der Waals surface area contributed by atoms with Gasteiger partial charge < -0.3 is 20.4 Å². The van der Waals surface area contributed by atoms with Gasteiger partial charge in [0, 0.05) is 45.1 Å². The molecule has 1 rings (SSSR count). The average molecular weight is 306 g/mol. The summed E-state index contributed by atoms with van der Waals surface area (Å²) in [6.07, 6.45) is 0. The van der Waals surface area contributed by atoms with E-state index in [0.717, 1.165) is 5.69 Å². The molecule has 2 N–H and O–H groups in total. The van der Waals surface area contributed by atoms with Crippen molar-refractivity contribution in [2.24, 2.45) is 0 Å². The molecule has 1 aromatic carbocycles. The molecule has 0 heterocycles. The highest BCUT2D eigenvalue weighted by atomic mass is 16.2. The topological polar surface area (TPSA) is 64.7 Å². The second-order valence-corrected chi connectivity index (χ2v) is 5.09. The molecule has 0 aliphatic rings. The first-order valence-electron chi connectivity index (χ1n) is 7.60. The van der Waals surface area contributed by atoms with E-state index < -0.39 is 0 Å². The smallest absolute Gasteiger partial charge is 0.319 e. The molecule has 0 aromatic heterocycles. The number of hydrogen-bond donors (Lipinski definition) is 2. The van der Waals surface area contributed by atoms with Gasteiger partial charge in [-0.25, -0.2) is 4.79 Å². The number of rotatable bonds is 6. The van der Waals surface area contributed by atoms with Gasteiger partial charge in [-0.05, 0) is 39.0 Å². The van der Waals surface area contributed by atoms with Crippen molar-refractivity contribution in [2.45, 2.75) is 20.8 Å². The van der Waals surface area contributed by atoms with Crippen LogP contribution in [-0.2, 0) is 0 Å². The van der Waals surface area contributed by atoms with Crippen LogP contribution in [0.5, 0.6) is 0 Å². The fourth-order valence-electron chi connectivity index (χ4n) is 2.19. The maximum atomic E-state index is 12.7. The second kappa shape index (κ2) is 8.26. The molecule has 0 fully saturated rings. The lowest BCUT2D eigenvalue weighted by molar-refractivity contribution is 0.0773. The van der Waals surface area contributed by atoms with Crippen molar-refractivity contribution >= 4 is 23.3 Å². The standard InChI is InChI=1S/C16H26N4O2/c1-6-17-16(22)18-12-9-10-14(19(4)5)13(11-12)15(21)20(7-2)8-3/h9-11H,6-8H2,1-5H3,(H2,17,18,22). The van der Waals surface area contributed by atoms with E-state index in [1.54, 1.807) is 17.0 Å². The van der Waals surface area contributed by atoms with Crippen molar-refractivity contribution in [1.82, 2.24) is 10.2 Å². The van der Waals surface area contributed by atoms with Crippen LogP contribution < -0.4 is 15.5 Å². The first-order valence-corrected chi connectivity index (χ1v) is 7.60. The number of urea groups is 1. The van der Waals surface area contributed by atoms with E-state index in [1.807, 2.05) is 45.8 Å². The molecule has 6 heteroatoms. The predicted octanol–water partition coefficient (Wildman–Crippen LogP) is 2.38. The molecule has 6 nitrogen and oxygen atoms in total. The molecule has 0 saturated heterocycles. The van der Waals surface area contributed by atoms with E-state index in [0.29, 0.717) is 30.9 Å². The minimum atomic E-state index is -0.277. The van der Waals surface area contributed by atoms with Gasteiger partial charge >= 0.3 is 6.03 Å². The number of nitrogens with zero attached hydrogens (tertiary/aromatic N) is 2. The molecule has 22 heavy (non-hydrogen) atoms. The largest absolute Gasteiger partial charge is 0.377 e. The van der Waals surface area contributed by atoms with Gasteiger partial charge in [-0.3, -0.25) is 4.79 Å². The monoisotopic (exact) mass is 306 g/mol. The number of amides is 3. The fraction of sp³-hybridized carbons (Fsp3) is 0.500. The lowest BCUT2D eigenvalue weighted by Gasteiger charge is -2.23. The SMILES string of the molecule is CCNC(=O)Nc1ccc(N(C)C)c(C(=O)N(CC)CC)c1. The Morgan fingerprint density at radius 2 is 1.73 bits per heavy atom. The van der Waals surface area contributed by atoms with Gasteiger partial charge in [0.05, 0.1) is 5.56 Å². The molecule has 0 radical (unpaired) electrons. The van der Waals surface area contributed by atoms with E-state index in [4.69, 9.17) is 0 Å². The van der Waals surface area contributed by atoms with Gasteiger partial charge in [-0.2, -0.15) is 0 Å². The minimum absolute atomic E-state index is 0.0340. The Bertz CT molecular complexity index is 525. The summed E-state index contributed by atoms with van der Waals surface area (Å²) in [4.78, 5) is 28.0. The molecule has 0 spiro atoms. The van der Waals surface area contributed by atoms with Crippen LogP contribution in [0.2, 0.25) is 0 Å². The number of carbonyl (C=O) groups is 2. The molecule has 0 aliphatic carbocycles. The zero-order valence-electron chi connectivity index (χ0n) is 14.1. The molecule has 0 aliphatic heterocycles. The predicted molar refractivity (Wildman–Crippen MR) is 90.7 cm³/mol. The molecular formula is C16H26N4O2. The Hall–Kier alpha value is -2.24. The van der Waals surface area contributed by atoms with Gasteiger partial charge in [0.2, 0.25) is 0 Å². The molecule has 0 bridgehead atoms. The third kappa shape index (κ3) is 4.38. The van der Waals surface area contributed by atoms with Crippen LogP contribution in [0.4, 0.5) is 16.2 Å². The summed E-state index contributed by atoms with van der Waals surface area (Å²) in [6.45, 7) is 7.60. The molecule has 0 atom stereocenters. The summed E-state index contributed by atoms with van der Waals surface area (Å²) in [6, 6.07) is 5.09. The zero-order valence-corrected chi connectivity index (χ0v) is 14.1. The quantitative estimate of drug-likeness (QED) is 0.848. The molecule has 0 saturated carbocycles. The van der Waals surface area contributed by atoms with Gasteiger partial charge in [-0.15, -0.1) is 0 Å². The Morgan fingerprint density at radius 1 is 1.09 bits per heavy atom. The van der Waals surface area contributed by atoms with Crippen molar-refractivity contribution in [2.75, 3.05) is 43.9 Å². The number of benzene rings is 1. The number of carbonyl (C=O) groups excluding carboxylic acids is 2. The van der Waals surface area contributed by atoms with Gasteiger partial charge in [0.15, 0.2) is 0 Å². The van der Waals surface area contributed by atoms with E-state index >= 15 is 0 Å². The van der Waals surface area contributed by atoms with Crippen molar-refractivity contribution in [3.8, 4) is 0 Å². The summed E-state index contributed by atoms with van der Waals surface area (Å²) >= 11 is 0. The van der Waals surface area contributed by atoms with Crippen LogP contribution >= 0.6 is 0 Å². The maximum Gasteiger partial charge on any atom is 0.319 e. The van der Waals surface area contributed by atoms with Crippen molar-refractivity contribution in [3.63, 3.8) is 0 Å². The minimum Gasteiger partial charge on any atom is -0.377 e. The molecular weight excluding hydrogens is 280 g/mol. The van der Waals surface area contributed by atoms with E-state index in [1.165, 1.54) is 0 Å². The lowest BCUT2D eigenvalue weighted by atomic mass is 10.1. The van der Waals surface area contributed by atoms with Crippen LogP contribution in [-0.4, -0.2) is 50.6 Å². The number of anilines is 2. The first kappa shape index (κ1) is 17.8. The van der Waals surface area contributed by atoms with Crippen LogP contribution in [0.15, 0.2) is 18.2 Å². The van der Waals surface area contributed by atoms with Crippen LogP contribution in [0.1, 0.15) is 31.1 Å². The van der Waals surface area contributed by atoms with Crippen LogP contribution in [0.25, 0.3) is 0 Å². The molecule has 122 valence electrons. The third-order valence-electron chi connectivity index (χ3n) is 3.35. The van der Waals surface area contributed by atoms with Gasteiger partial charge in [-0.1, -0.05) is 0 Å². The zero-order chi connectivity index (χ0) is 16.7. The van der Waals surface area contributed by atoms with E-state index in [-0.39, 0.29) is 11.9 Å². The highest BCUT2D eigenvalue weighted by Crippen LogP contribution is 2.24.